The Bertz CT molecular complexity index is 1470. The molecule has 0 radical (unpaired) electrons. The monoisotopic (exact) mass is 500 g/mol. The molecule has 0 amide bonds. The van der Waals surface area contributed by atoms with Gasteiger partial charge in [-0.05, 0) is 48.7 Å². The molecule has 1 N–H and O–H groups in total. The zero-order valence-electron chi connectivity index (χ0n) is 19.8. The first-order valence-electron chi connectivity index (χ1n) is 11.9. The summed E-state index contributed by atoms with van der Waals surface area (Å²) < 4.78 is 11.3. The molecule has 0 saturated carbocycles. The van der Waals surface area contributed by atoms with Crippen molar-refractivity contribution in [2.75, 3.05) is 12.4 Å². The second-order valence-electron chi connectivity index (χ2n) is 8.72. The van der Waals surface area contributed by atoms with Crippen LogP contribution in [-0.4, -0.2) is 41.2 Å². The number of ether oxygens (including phenoxy) is 1. The third kappa shape index (κ3) is 4.33. The number of rotatable bonds is 6. The molecule has 0 aliphatic carbocycles. The molecule has 182 valence electrons. The van der Waals surface area contributed by atoms with Gasteiger partial charge in [0.2, 0.25) is 5.95 Å². The van der Waals surface area contributed by atoms with Gasteiger partial charge < -0.3 is 14.6 Å². The van der Waals surface area contributed by atoms with Crippen molar-refractivity contribution in [2.24, 2.45) is 0 Å². The summed E-state index contributed by atoms with van der Waals surface area (Å²) in [6, 6.07) is 16.3. The number of nitrogens with zero attached hydrogens (tertiary/aromatic N) is 7. The average molecular weight is 501 g/mol. The van der Waals surface area contributed by atoms with E-state index >= 15 is 0 Å². The molecule has 5 aromatic rings. The van der Waals surface area contributed by atoms with Crippen LogP contribution in [-0.2, 0) is 6.54 Å². The second-order valence-corrected chi connectivity index (χ2v) is 9.11. The van der Waals surface area contributed by atoms with E-state index in [0.717, 1.165) is 48.7 Å². The summed E-state index contributed by atoms with van der Waals surface area (Å²) in [5.74, 6) is 2.43. The minimum absolute atomic E-state index is 0.185. The Morgan fingerprint density at radius 2 is 2.00 bits per heavy atom. The summed E-state index contributed by atoms with van der Waals surface area (Å²) in [5.41, 5.74) is 3.95. The van der Waals surface area contributed by atoms with Gasteiger partial charge in [0.15, 0.2) is 0 Å². The van der Waals surface area contributed by atoms with Crippen molar-refractivity contribution in [1.29, 1.82) is 0 Å². The standard InChI is InChI=1S/C26H25ClN8O/c1-36-23-15-19(8-11-22(23)33-16-24(27)28-17-33)30-26-31-25-21(5-2-3-13-35(25)32-26)18-6-9-20(10-7-18)34-14-4-12-29-34/h4,6-12,14-17,21H,2-3,5,13H2,1H3,(H,30,32). The first-order valence-corrected chi connectivity index (χ1v) is 12.3. The van der Waals surface area contributed by atoms with Gasteiger partial charge in [0.05, 0.1) is 18.5 Å². The molecule has 36 heavy (non-hydrogen) atoms. The van der Waals surface area contributed by atoms with Gasteiger partial charge >= 0.3 is 0 Å². The first kappa shape index (κ1) is 22.4. The lowest BCUT2D eigenvalue weighted by atomic mass is 9.93. The van der Waals surface area contributed by atoms with Crippen LogP contribution in [0.15, 0.2) is 73.4 Å². The fourth-order valence-electron chi connectivity index (χ4n) is 4.69. The molecular formula is C26H25ClN8O. The molecule has 2 aromatic carbocycles. The largest absolute Gasteiger partial charge is 0.494 e. The Morgan fingerprint density at radius 3 is 2.75 bits per heavy atom. The Labute approximate surface area is 213 Å². The van der Waals surface area contributed by atoms with E-state index in [1.54, 1.807) is 25.8 Å². The van der Waals surface area contributed by atoms with Crippen LogP contribution in [0, 0.1) is 0 Å². The molecule has 4 heterocycles. The lowest BCUT2D eigenvalue weighted by Crippen LogP contribution is -2.08. The fourth-order valence-corrected chi connectivity index (χ4v) is 4.84. The number of benzene rings is 2. The number of hydrogen-bond donors (Lipinski definition) is 1. The van der Waals surface area contributed by atoms with Gasteiger partial charge in [-0.15, -0.1) is 5.10 Å². The number of fused-ring (bicyclic) bond motifs is 1. The average Bonchev–Trinajstić information content (AvgIpc) is 3.64. The summed E-state index contributed by atoms with van der Waals surface area (Å²) in [6.07, 6.45) is 10.4. The normalized spacial score (nSPS) is 15.3. The summed E-state index contributed by atoms with van der Waals surface area (Å²) in [7, 11) is 1.64. The Kier molecular flexibility index (Phi) is 5.90. The van der Waals surface area contributed by atoms with E-state index in [-0.39, 0.29) is 5.92 Å². The van der Waals surface area contributed by atoms with Crippen molar-refractivity contribution in [2.45, 2.75) is 31.7 Å². The highest BCUT2D eigenvalue weighted by molar-refractivity contribution is 6.29. The number of aryl methyl sites for hydroxylation is 1. The van der Waals surface area contributed by atoms with Crippen LogP contribution in [0.1, 0.15) is 36.6 Å². The molecule has 1 unspecified atom stereocenters. The SMILES string of the molecule is COc1cc(Nc2nc3n(n2)CCCCC3c2ccc(-n3cccn3)cc2)ccc1-n1cnc(Cl)c1. The fraction of sp³-hybridized carbons (Fsp3) is 0.231. The van der Waals surface area contributed by atoms with E-state index in [1.165, 1.54) is 5.56 Å². The summed E-state index contributed by atoms with van der Waals surface area (Å²) in [4.78, 5) is 9.01. The topological polar surface area (TPSA) is 87.6 Å². The summed E-state index contributed by atoms with van der Waals surface area (Å²) in [5, 5.41) is 12.9. The Balaban J connectivity index is 1.26. The van der Waals surface area contributed by atoms with Crippen LogP contribution in [0.4, 0.5) is 11.6 Å². The maximum Gasteiger partial charge on any atom is 0.246 e. The van der Waals surface area contributed by atoms with E-state index in [2.05, 4.69) is 39.7 Å². The van der Waals surface area contributed by atoms with Gasteiger partial charge in [-0.1, -0.05) is 30.2 Å². The third-order valence-corrected chi connectivity index (χ3v) is 6.65. The highest BCUT2D eigenvalue weighted by Crippen LogP contribution is 2.34. The lowest BCUT2D eigenvalue weighted by Gasteiger charge is -2.15. The summed E-state index contributed by atoms with van der Waals surface area (Å²) >= 11 is 5.98. The van der Waals surface area contributed by atoms with Gasteiger partial charge in [-0.25, -0.2) is 14.3 Å². The minimum atomic E-state index is 0.185. The number of aromatic nitrogens is 7. The predicted octanol–water partition coefficient (Wildman–Crippen LogP) is 5.37. The van der Waals surface area contributed by atoms with Crippen molar-refractivity contribution >= 4 is 23.2 Å². The van der Waals surface area contributed by atoms with Gasteiger partial charge in [0.1, 0.15) is 23.1 Å². The Morgan fingerprint density at radius 1 is 1.11 bits per heavy atom. The van der Waals surface area contributed by atoms with Gasteiger partial charge in [-0.2, -0.15) is 10.1 Å². The van der Waals surface area contributed by atoms with Crippen molar-refractivity contribution < 1.29 is 4.74 Å². The molecule has 1 aliphatic heterocycles. The molecule has 1 aliphatic rings. The summed E-state index contributed by atoms with van der Waals surface area (Å²) in [6.45, 7) is 0.857. The van der Waals surface area contributed by atoms with E-state index in [4.69, 9.17) is 26.4 Å². The number of nitrogens with one attached hydrogen (secondary N) is 1. The molecule has 6 rings (SSSR count). The second kappa shape index (κ2) is 9.50. The van der Waals surface area contributed by atoms with E-state index in [0.29, 0.717) is 16.9 Å². The number of halogens is 1. The maximum absolute atomic E-state index is 5.98. The van der Waals surface area contributed by atoms with Crippen LogP contribution in [0.25, 0.3) is 11.4 Å². The van der Waals surface area contributed by atoms with Crippen LogP contribution in [0.3, 0.4) is 0 Å². The number of methoxy groups -OCH3 is 1. The molecule has 1 atom stereocenters. The van der Waals surface area contributed by atoms with Gasteiger partial charge in [0.25, 0.3) is 0 Å². The van der Waals surface area contributed by atoms with Crippen LogP contribution in [0.5, 0.6) is 5.75 Å². The number of imidazole rings is 1. The predicted molar refractivity (Wildman–Crippen MR) is 138 cm³/mol. The zero-order valence-corrected chi connectivity index (χ0v) is 20.5. The van der Waals surface area contributed by atoms with E-state index in [9.17, 15) is 0 Å². The maximum atomic E-state index is 5.98. The lowest BCUT2D eigenvalue weighted by molar-refractivity contribution is 0.413. The van der Waals surface area contributed by atoms with E-state index in [1.807, 2.05) is 44.4 Å². The molecule has 0 bridgehead atoms. The van der Waals surface area contributed by atoms with Crippen LogP contribution >= 0.6 is 11.6 Å². The smallest absolute Gasteiger partial charge is 0.246 e. The highest BCUT2D eigenvalue weighted by Gasteiger charge is 2.25. The zero-order chi connectivity index (χ0) is 24.5. The first-order chi connectivity index (χ1) is 17.7. The number of hydrogen-bond acceptors (Lipinski definition) is 6. The molecule has 0 fully saturated rings. The van der Waals surface area contributed by atoms with Crippen molar-refractivity contribution in [3.05, 3.63) is 90.0 Å². The van der Waals surface area contributed by atoms with Gasteiger partial charge in [0, 0.05) is 42.8 Å². The van der Waals surface area contributed by atoms with Crippen molar-refractivity contribution in [1.82, 2.24) is 34.1 Å². The molecule has 3 aromatic heterocycles. The molecule has 0 saturated heterocycles. The quantitative estimate of drug-likeness (QED) is 0.337. The van der Waals surface area contributed by atoms with Crippen molar-refractivity contribution in [3.63, 3.8) is 0 Å². The minimum Gasteiger partial charge on any atom is -0.494 e. The molecule has 0 spiro atoms. The van der Waals surface area contributed by atoms with Gasteiger partial charge in [-0.3, -0.25) is 0 Å². The molecule has 10 heteroatoms. The molecule has 9 nitrogen and oxygen atoms in total. The molecular weight excluding hydrogens is 476 g/mol. The van der Waals surface area contributed by atoms with Crippen molar-refractivity contribution in [3.8, 4) is 17.1 Å². The number of anilines is 2. The van der Waals surface area contributed by atoms with Crippen LogP contribution in [0.2, 0.25) is 5.15 Å². The Hall–Kier alpha value is -4.11. The highest BCUT2D eigenvalue weighted by atomic mass is 35.5. The van der Waals surface area contributed by atoms with Crippen LogP contribution < -0.4 is 10.1 Å². The van der Waals surface area contributed by atoms with E-state index < -0.39 is 0 Å². The third-order valence-electron chi connectivity index (χ3n) is 6.45.